The summed E-state index contributed by atoms with van der Waals surface area (Å²) in [5.41, 5.74) is 2.42. The molecule has 0 aliphatic rings. The lowest BCUT2D eigenvalue weighted by Gasteiger charge is -2.23. The number of aromatic hydroxyl groups is 1. The molecule has 2 N–H and O–H groups in total. The van der Waals surface area contributed by atoms with Crippen molar-refractivity contribution in [1.29, 1.82) is 0 Å². The second-order valence-corrected chi connectivity index (χ2v) is 5.90. The SMILES string of the molecule is CCN(CCOC)c1ccc(N=Cc2c(O)[nH]c3ccccc23)cc1F. The first kappa shape index (κ1) is 17.9. The minimum Gasteiger partial charge on any atom is -0.494 e. The first-order valence-corrected chi connectivity index (χ1v) is 8.51. The van der Waals surface area contributed by atoms with E-state index in [1.165, 1.54) is 6.07 Å². The molecule has 1 heterocycles. The number of H-pyrrole nitrogens is 1. The van der Waals surface area contributed by atoms with Gasteiger partial charge in [0.15, 0.2) is 5.88 Å². The van der Waals surface area contributed by atoms with E-state index < -0.39 is 0 Å². The third kappa shape index (κ3) is 3.70. The predicted octanol–water partition coefficient (Wildman–Crippen LogP) is 4.24. The lowest BCUT2D eigenvalue weighted by atomic mass is 10.2. The van der Waals surface area contributed by atoms with Gasteiger partial charge in [-0.15, -0.1) is 0 Å². The molecule has 0 saturated heterocycles. The smallest absolute Gasteiger partial charge is 0.198 e. The van der Waals surface area contributed by atoms with Crippen LogP contribution in [0.25, 0.3) is 10.9 Å². The Morgan fingerprint density at radius 2 is 2.08 bits per heavy atom. The maximum absolute atomic E-state index is 14.5. The van der Waals surface area contributed by atoms with Crippen LogP contribution in [0.15, 0.2) is 47.5 Å². The minimum atomic E-state index is -0.333. The van der Waals surface area contributed by atoms with Gasteiger partial charge in [-0.3, -0.25) is 4.99 Å². The van der Waals surface area contributed by atoms with Crippen molar-refractivity contribution in [2.45, 2.75) is 6.92 Å². The summed E-state index contributed by atoms with van der Waals surface area (Å²) in [6.07, 6.45) is 1.55. The van der Waals surface area contributed by atoms with Crippen LogP contribution >= 0.6 is 0 Å². The Morgan fingerprint density at radius 3 is 2.81 bits per heavy atom. The number of nitrogens with one attached hydrogen (secondary N) is 1. The molecule has 136 valence electrons. The number of nitrogens with zero attached hydrogens (tertiary/aromatic N) is 2. The topological polar surface area (TPSA) is 60.9 Å². The van der Waals surface area contributed by atoms with E-state index >= 15 is 0 Å². The fraction of sp³-hybridized carbons (Fsp3) is 0.250. The molecule has 2 aromatic carbocycles. The number of hydrogen-bond donors (Lipinski definition) is 2. The van der Waals surface area contributed by atoms with Crippen molar-refractivity contribution in [2.75, 3.05) is 31.7 Å². The molecule has 6 heteroatoms. The molecule has 0 unspecified atom stereocenters. The number of aromatic nitrogens is 1. The number of ether oxygens (including phenoxy) is 1. The summed E-state index contributed by atoms with van der Waals surface area (Å²) in [5, 5.41) is 10.9. The van der Waals surface area contributed by atoms with Crippen LogP contribution in [-0.2, 0) is 4.74 Å². The van der Waals surface area contributed by atoms with E-state index in [0.717, 1.165) is 10.9 Å². The third-order valence-corrected chi connectivity index (χ3v) is 4.29. The highest BCUT2D eigenvalue weighted by Crippen LogP contribution is 2.27. The van der Waals surface area contributed by atoms with Gasteiger partial charge in [-0.2, -0.15) is 0 Å². The van der Waals surface area contributed by atoms with Gasteiger partial charge in [0.2, 0.25) is 0 Å². The maximum atomic E-state index is 14.5. The summed E-state index contributed by atoms with van der Waals surface area (Å²) in [5.74, 6) is -0.287. The average molecular weight is 355 g/mol. The molecule has 0 aliphatic carbocycles. The molecule has 1 aromatic heterocycles. The summed E-state index contributed by atoms with van der Waals surface area (Å²) in [6, 6.07) is 12.4. The zero-order valence-corrected chi connectivity index (χ0v) is 14.9. The molecule has 3 rings (SSSR count). The number of aromatic amines is 1. The number of rotatable bonds is 7. The molecule has 26 heavy (non-hydrogen) atoms. The molecular formula is C20H22FN3O2. The quantitative estimate of drug-likeness (QED) is 0.623. The van der Waals surface area contributed by atoms with E-state index in [1.54, 1.807) is 25.5 Å². The van der Waals surface area contributed by atoms with Crippen molar-refractivity contribution in [3.8, 4) is 5.88 Å². The largest absolute Gasteiger partial charge is 0.494 e. The lowest BCUT2D eigenvalue weighted by molar-refractivity contribution is 0.205. The highest BCUT2D eigenvalue weighted by molar-refractivity contribution is 6.02. The van der Waals surface area contributed by atoms with Crippen LogP contribution in [0.1, 0.15) is 12.5 Å². The lowest BCUT2D eigenvalue weighted by Crippen LogP contribution is -2.27. The molecular weight excluding hydrogens is 333 g/mol. The third-order valence-electron chi connectivity index (χ3n) is 4.29. The summed E-state index contributed by atoms with van der Waals surface area (Å²) in [6.45, 7) is 3.82. The van der Waals surface area contributed by atoms with Gasteiger partial charge in [0.05, 0.1) is 23.5 Å². The fourth-order valence-electron chi connectivity index (χ4n) is 2.90. The second kappa shape index (κ2) is 8.01. The number of fused-ring (bicyclic) bond motifs is 1. The Kier molecular flexibility index (Phi) is 5.53. The van der Waals surface area contributed by atoms with Crippen molar-refractivity contribution >= 4 is 28.5 Å². The number of anilines is 1. The summed E-state index contributed by atoms with van der Waals surface area (Å²) < 4.78 is 19.6. The fourth-order valence-corrected chi connectivity index (χ4v) is 2.90. The van der Waals surface area contributed by atoms with E-state index in [2.05, 4.69) is 9.98 Å². The van der Waals surface area contributed by atoms with Gasteiger partial charge in [0.1, 0.15) is 5.82 Å². The van der Waals surface area contributed by atoms with E-state index in [4.69, 9.17) is 4.74 Å². The highest BCUT2D eigenvalue weighted by Gasteiger charge is 2.11. The number of para-hydroxylation sites is 1. The summed E-state index contributed by atoms with van der Waals surface area (Å²) in [7, 11) is 1.63. The van der Waals surface area contributed by atoms with Gasteiger partial charge in [-0.25, -0.2) is 4.39 Å². The van der Waals surface area contributed by atoms with Crippen molar-refractivity contribution in [3.05, 3.63) is 53.8 Å². The van der Waals surface area contributed by atoms with Crippen LogP contribution < -0.4 is 4.90 Å². The first-order valence-electron chi connectivity index (χ1n) is 8.51. The zero-order valence-electron chi connectivity index (χ0n) is 14.9. The number of aliphatic imine (C=N–C) groups is 1. The molecule has 0 atom stereocenters. The average Bonchev–Trinajstić information content (AvgIpc) is 2.97. The van der Waals surface area contributed by atoms with Gasteiger partial charge >= 0.3 is 0 Å². The van der Waals surface area contributed by atoms with Gasteiger partial charge in [-0.1, -0.05) is 18.2 Å². The van der Waals surface area contributed by atoms with Crippen LogP contribution in [0.3, 0.4) is 0 Å². The van der Waals surface area contributed by atoms with Crippen LogP contribution in [0, 0.1) is 5.82 Å². The molecule has 3 aromatic rings. The summed E-state index contributed by atoms with van der Waals surface area (Å²) in [4.78, 5) is 9.13. The van der Waals surface area contributed by atoms with E-state index in [0.29, 0.717) is 36.6 Å². The Morgan fingerprint density at radius 1 is 1.27 bits per heavy atom. The Labute approximate surface area is 151 Å². The Balaban J connectivity index is 1.85. The molecule has 0 bridgehead atoms. The van der Waals surface area contributed by atoms with Crippen molar-refractivity contribution < 1.29 is 14.2 Å². The van der Waals surface area contributed by atoms with Gasteiger partial charge in [0.25, 0.3) is 0 Å². The van der Waals surface area contributed by atoms with Crippen molar-refractivity contribution in [3.63, 3.8) is 0 Å². The number of halogens is 1. The Bertz CT molecular complexity index is 921. The van der Waals surface area contributed by atoms with Crippen LogP contribution in [0.4, 0.5) is 15.8 Å². The highest BCUT2D eigenvalue weighted by atomic mass is 19.1. The van der Waals surface area contributed by atoms with E-state index in [-0.39, 0.29) is 11.7 Å². The molecule has 0 saturated carbocycles. The molecule has 0 amide bonds. The van der Waals surface area contributed by atoms with Crippen LogP contribution in [-0.4, -0.2) is 43.1 Å². The summed E-state index contributed by atoms with van der Waals surface area (Å²) >= 11 is 0. The molecule has 0 aliphatic heterocycles. The maximum Gasteiger partial charge on any atom is 0.198 e. The number of benzene rings is 2. The van der Waals surface area contributed by atoms with E-state index in [9.17, 15) is 9.50 Å². The first-order chi connectivity index (χ1) is 12.6. The standard InChI is InChI=1S/C20H22FN3O2/c1-3-24(10-11-26-2)19-9-8-14(12-17(19)21)22-13-16-15-6-4-5-7-18(15)23-20(16)25/h4-9,12-13,23,25H,3,10-11H2,1-2H3. The number of methoxy groups -OCH3 is 1. The van der Waals surface area contributed by atoms with Gasteiger partial charge in [0, 0.05) is 43.4 Å². The molecule has 0 fully saturated rings. The monoisotopic (exact) mass is 355 g/mol. The van der Waals surface area contributed by atoms with Crippen LogP contribution in [0.5, 0.6) is 5.88 Å². The predicted molar refractivity (Wildman–Crippen MR) is 103 cm³/mol. The minimum absolute atomic E-state index is 0.0452. The molecule has 0 radical (unpaired) electrons. The Hall–Kier alpha value is -2.86. The normalized spacial score (nSPS) is 11.5. The number of likely N-dealkylation sites (N-methyl/N-ethyl adjacent to an activating group) is 1. The zero-order chi connectivity index (χ0) is 18.5. The second-order valence-electron chi connectivity index (χ2n) is 5.90. The van der Waals surface area contributed by atoms with Gasteiger partial charge < -0.3 is 19.7 Å². The van der Waals surface area contributed by atoms with Gasteiger partial charge in [-0.05, 0) is 25.1 Å². The van der Waals surface area contributed by atoms with E-state index in [1.807, 2.05) is 36.1 Å². The van der Waals surface area contributed by atoms with Crippen molar-refractivity contribution in [1.82, 2.24) is 4.98 Å². The molecule has 0 spiro atoms. The van der Waals surface area contributed by atoms with Crippen LogP contribution in [0.2, 0.25) is 0 Å². The van der Waals surface area contributed by atoms with Crippen molar-refractivity contribution in [2.24, 2.45) is 4.99 Å². The number of hydrogen-bond acceptors (Lipinski definition) is 4. The molecule has 5 nitrogen and oxygen atoms in total.